The van der Waals surface area contributed by atoms with Crippen LogP contribution < -0.4 is 0 Å². The summed E-state index contributed by atoms with van der Waals surface area (Å²) in [5, 5.41) is 5.46. The summed E-state index contributed by atoms with van der Waals surface area (Å²) >= 11 is 1.52. The van der Waals surface area contributed by atoms with Crippen LogP contribution in [-0.2, 0) is 25.3 Å². The lowest BCUT2D eigenvalue weighted by Gasteiger charge is -2.27. The number of hydrogen-bond acceptors (Lipinski definition) is 4. The van der Waals surface area contributed by atoms with Crippen molar-refractivity contribution in [2.24, 2.45) is 0 Å². The maximum atomic E-state index is 13.8. The van der Waals surface area contributed by atoms with Gasteiger partial charge >= 0.3 is 12.4 Å². The van der Waals surface area contributed by atoms with Crippen LogP contribution in [0.25, 0.3) is 5.82 Å². The molecule has 30 heavy (non-hydrogen) atoms. The van der Waals surface area contributed by atoms with Crippen molar-refractivity contribution in [2.75, 3.05) is 6.54 Å². The van der Waals surface area contributed by atoms with Gasteiger partial charge in [-0.3, -0.25) is 4.79 Å². The van der Waals surface area contributed by atoms with Crippen molar-refractivity contribution in [3.8, 4) is 5.82 Å². The number of halogens is 6. The summed E-state index contributed by atoms with van der Waals surface area (Å²) in [6.07, 6.45) is -7.93. The summed E-state index contributed by atoms with van der Waals surface area (Å²) in [4.78, 5) is 18.7. The number of aromatic nitrogens is 3. The van der Waals surface area contributed by atoms with Crippen molar-refractivity contribution in [3.63, 3.8) is 0 Å². The van der Waals surface area contributed by atoms with Gasteiger partial charge in [0.2, 0.25) is 0 Å². The molecule has 0 spiro atoms. The van der Waals surface area contributed by atoms with Crippen LogP contribution in [0.1, 0.15) is 32.1 Å². The van der Waals surface area contributed by atoms with Crippen LogP contribution in [0.5, 0.6) is 0 Å². The molecule has 0 atom stereocenters. The summed E-state index contributed by atoms with van der Waals surface area (Å²) in [5.74, 6) is -1.33. The van der Waals surface area contributed by atoms with Gasteiger partial charge in [0.05, 0.1) is 17.3 Å². The molecule has 0 saturated heterocycles. The first-order valence-corrected chi connectivity index (χ1v) is 9.47. The normalized spacial score (nSPS) is 14.7. The Hall–Kier alpha value is -2.89. The third-order valence-corrected chi connectivity index (χ3v) is 5.68. The summed E-state index contributed by atoms with van der Waals surface area (Å²) in [6.45, 7) is 0.437. The predicted octanol–water partition coefficient (Wildman–Crippen LogP) is 4.56. The van der Waals surface area contributed by atoms with Crippen molar-refractivity contribution >= 4 is 17.2 Å². The zero-order chi connectivity index (χ0) is 21.7. The maximum Gasteiger partial charge on any atom is 0.434 e. The second kappa shape index (κ2) is 7.11. The molecule has 0 saturated carbocycles. The molecule has 0 N–H and O–H groups in total. The van der Waals surface area contributed by atoms with Gasteiger partial charge in [-0.1, -0.05) is 0 Å². The Bertz CT molecular complexity index is 1080. The molecule has 5 nitrogen and oxygen atoms in total. The second-order valence-corrected chi connectivity index (χ2v) is 7.57. The zero-order valence-electron chi connectivity index (χ0n) is 15.0. The summed E-state index contributed by atoms with van der Waals surface area (Å²) < 4.78 is 79.8. The number of carbonyl (C=O) groups is 1. The SMILES string of the molecule is O=C(c1cnn(-c2ccc(C(F)(F)F)cn2)c1C(F)(F)F)N1CCc2sccc2C1. The van der Waals surface area contributed by atoms with Crippen LogP contribution in [0.2, 0.25) is 0 Å². The molecule has 0 aromatic carbocycles. The number of thiophene rings is 1. The van der Waals surface area contributed by atoms with Crippen molar-refractivity contribution in [1.82, 2.24) is 19.7 Å². The molecule has 0 fully saturated rings. The number of fused-ring (bicyclic) bond motifs is 1. The minimum absolute atomic E-state index is 0.179. The smallest absolute Gasteiger partial charge is 0.334 e. The van der Waals surface area contributed by atoms with E-state index in [1.165, 1.54) is 16.2 Å². The molecule has 4 heterocycles. The first-order valence-electron chi connectivity index (χ1n) is 8.59. The van der Waals surface area contributed by atoms with Gasteiger partial charge in [-0.05, 0) is 35.6 Å². The minimum Gasteiger partial charge on any atom is -0.334 e. The van der Waals surface area contributed by atoms with Gasteiger partial charge in [-0.2, -0.15) is 31.4 Å². The minimum atomic E-state index is -4.98. The quantitative estimate of drug-likeness (QED) is 0.543. The molecule has 1 aliphatic heterocycles. The maximum absolute atomic E-state index is 13.8. The van der Waals surface area contributed by atoms with E-state index in [0.29, 0.717) is 23.4 Å². The van der Waals surface area contributed by atoms with Crippen LogP contribution >= 0.6 is 11.3 Å². The van der Waals surface area contributed by atoms with Crippen molar-refractivity contribution in [1.29, 1.82) is 0 Å². The molecule has 1 amide bonds. The largest absolute Gasteiger partial charge is 0.434 e. The highest BCUT2D eigenvalue weighted by Crippen LogP contribution is 2.35. The molecule has 4 rings (SSSR count). The number of amides is 1. The van der Waals surface area contributed by atoms with Crippen molar-refractivity contribution in [3.05, 3.63) is 63.2 Å². The molecule has 3 aromatic heterocycles. The van der Waals surface area contributed by atoms with E-state index in [9.17, 15) is 31.1 Å². The average Bonchev–Trinajstić information content (AvgIpc) is 3.33. The standard InChI is InChI=1S/C18H12F6N4OS/c19-17(20,21)11-1-2-14(25-7-11)28-15(18(22,23)24)12(8-26-28)16(29)27-5-3-13-10(9-27)4-6-30-13/h1-2,4,6-8H,3,5,9H2. The fraction of sp³-hybridized carbons (Fsp3) is 0.278. The molecule has 1 aliphatic rings. The lowest BCUT2D eigenvalue weighted by atomic mass is 10.1. The third kappa shape index (κ3) is 3.66. The highest BCUT2D eigenvalue weighted by molar-refractivity contribution is 7.10. The molecular formula is C18H12F6N4OS. The van der Waals surface area contributed by atoms with Gasteiger partial charge in [0.25, 0.3) is 5.91 Å². The Morgan fingerprint density at radius 1 is 1.03 bits per heavy atom. The topological polar surface area (TPSA) is 51.0 Å². The van der Waals surface area contributed by atoms with E-state index < -0.39 is 40.9 Å². The number of nitrogens with zero attached hydrogens (tertiary/aromatic N) is 4. The Morgan fingerprint density at radius 2 is 1.80 bits per heavy atom. The molecule has 12 heteroatoms. The van der Waals surface area contributed by atoms with Gasteiger partial charge < -0.3 is 4.90 Å². The summed E-state index contributed by atoms with van der Waals surface area (Å²) in [7, 11) is 0. The van der Waals surface area contributed by atoms with E-state index in [0.717, 1.165) is 22.7 Å². The monoisotopic (exact) mass is 446 g/mol. The zero-order valence-corrected chi connectivity index (χ0v) is 15.8. The van der Waals surface area contributed by atoms with Crippen LogP contribution in [0.3, 0.4) is 0 Å². The highest BCUT2D eigenvalue weighted by Gasteiger charge is 2.42. The Morgan fingerprint density at radius 3 is 2.43 bits per heavy atom. The average molecular weight is 446 g/mol. The van der Waals surface area contributed by atoms with Crippen LogP contribution in [0, 0.1) is 0 Å². The molecule has 158 valence electrons. The fourth-order valence-electron chi connectivity index (χ4n) is 3.22. The van der Waals surface area contributed by atoms with Crippen molar-refractivity contribution < 1.29 is 31.1 Å². The Kier molecular flexibility index (Phi) is 4.83. The highest BCUT2D eigenvalue weighted by atomic mass is 32.1. The molecule has 3 aromatic rings. The molecular weight excluding hydrogens is 434 g/mol. The van der Waals surface area contributed by atoms with Crippen LogP contribution in [-0.4, -0.2) is 32.1 Å². The first-order chi connectivity index (χ1) is 14.1. The van der Waals surface area contributed by atoms with E-state index in [2.05, 4.69) is 10.1 Å². The lowest BCUT2D eigenvalue weighted by molar-refractivity contribution is -0.143. The third-order valence-electron chi connectivity index (χ3n) is 4.66. The van der Waals surface area contributed by atoms with E-state index in [1.807, 2.05) is 11.4 Å². The first kappa shape index (κ1) is 20.4. The van der Waals surface area contributed by atoms with Crippen LogP contribution in [0.15, 0.2) is 36.0 Å². The van der Waals surface area contributed by atoms with E-state index in [-0.39, 0.29) is 13.1 Å². The number of hydrogen-bond donors (Lipinski definition) is 0. The number of pyridine rings is 1. The van der Waals surface area contributed by atoms with E-state index in [4.69, 9.17) is 0 Å². The van der Waals surface area contributed by atoms with Gasteiger partial charge in [0, 0.05) is 24.2 Å². The number of carbonyl (C=O) groups excluding carboxylic acids is 1. The Balaban J connectivity index is 1.70. The predicted molar refractivity (Wildman–Crippen MR) is 94.1 cm³/mol. The van der Waals surface area contributed by atoms with Crippen molar-refractivity contribution in [2.45, 2.75) is 25.3 Å². The van der Waals surface area contributed by atoms with Crippen LogP contribution in [0.4, 0.5) is 26.3 Å². The molecule has 0 bridgehead atoms. The summed E-state index contributed by atoms with van der Waals surface area (Å²) in [6, 6.07) is 3.20. The fourth-order valence-corrected chi connectivity index (χ4v) is 4.11. The number of alkyl halides is 6. The molecule has 0 radical (unpaired) electrons. The molecule has 0 aliphatic carbocycles. The van der Waals surface area contributed by atoms with E-state index in [1.54, 1.807) is 0 Å². The van der Waals surface area contributed by atoms with E-state index >= 15 is 0 Å². The van der Waals surface area contributed by atoms with Gasteiger partial charge in [0.1, 0.15) is 0 Å². The second-order valence-electron chi connectivity index (χ2n) is 6.56. The van der Waals surface area contributed by atoms with Gasteiger partial charge in [-0.25, -0.2) is 9.67 Å². The summed E-state index contributed by atoms with van der Waals surface area (Å²) in [5.41, 5.74) is -2.29. The van der Waals surface area contributed by atoms with Gasteiger partial charge in [-0.15, -0.1) is 11.3 Å². The van der Waals surface area contributed by atoms with Gasteiger partial charge in [0.15, 0.2) is 11.5 Å². The lowest BCUT2D eigenvalue weighted by Crippen LogP contribution is -2.36. The Labute approximate surface area is 169 Å². The molecule has 0 unspecified atom stereocenters. The number of rotatable bonds is 2.